The molecule has 0 spiro atoms. The predicted molar refractivity (Wildman–Crippen MR) is 82.2 cm³/mol. The summed E-state index contributed by atoms with van der Waals surface area (Å²) in [6.45, 7) is 3.03. The fourth-order valence-electron chi connectivity index (χ4n) is 1.73. The Morgan fingerprint density at radius 1 is 1.40 bits per heavy atom. The van der Waals surface area contributed by atoms with Crippen LogP contribution >= 0.6 is 22.9 Å². The van der Waals surface area contributed by atoms with E-state index in [1.807, 2.05) is 31.2 Å². The van der Waals surface area contributed by atoms with Crippen molar-refractivity contribution in [3.05, 3.63) is 50.9 Å². The first-order chi connectivity index (χ1) is 9.63. The number of carbonyl (C=O) groups excluding carboxylic acids is 1. The summed E-state index contributed by atoms with van der Waals surface area (Å²) in [5.74, 6) is 0. The minimum Gasteiger partial charge on any atom is -0.338 e. The molecule has 1 heterocycles. The first-order valence-electron chi connectivity index (χ1n) is 6.31. The van der Waals surface area contributed by atoms with Crippen molar-refractivity contribution in [1.82, 2.24) is 15.6 Å². The quantitative estimate of drug-likeness (QED) is 0.891. The van der Waals surface area contributed by atoms with E-state index in [9.17, 15) is 4.79 Å². The van der Waals surface area contributed by atoms with E-state index in [2.05, 4.69) is 15.6 Å². The molecule has 4 nitrogen and oxygen atoms in total. The molecule has 0 aliphatic rings. The summed E-state index contributed by atoms with van der Waals surface area (Å²) in [5.41, 5.74) is 1.11. The standard InChI is InChI=1S/C14H16ClN3OS/c1-10-17-8-13(20-10)9-18-14(19)16-6-5-11-3-2-4-12(15)7-11/h2-4,7-8H,5-6,9H2,1H3,(H2,16,18,19). The van der Waals surface area contributed by atoms with E-state index in [0.29, 0.717) is 18.1 Å². The lowest BCUT2D eigenvalue weighted by molar-refractivity contribution is 0.240. The number of urea groups is 1. The Kier molecular flexibility index (Phi) is 5.38. The van der Waals surface area contributed by atoms with Gasteiger partial charge in [0, 0.05) is 22.6 Å². The number of thiazole rings is 1. The molecular weight excluding hydrogens is 294 g/mol. The third-order valence-electron chi connectivity index (χ3n) is 2.68. The SMILES string of the molecule is Cc1ncc(CNC(=O)NCCc2cccc(Cl)c2)s1. The van der Waals surface area contributed by atoms with E-state index >= 15 is 0 Å². The topological polar surface area (TPSA) is 54.0 Å². The van der Waals surface area contributed by atoms with Gasteiger partial charge in [-0.15, -0.1) is 11.3 Å². The highest BCUT2D eigenvalue weighted by Gasteiger charge is 2.02. The fraction of sp³-hybridized carbons (Fsp3) is 0.286. The van der Waals surface area contributed by atoms with Crippen molar-refractivity contribution >= 4 is 29.0 Å². The minimum absolute atomic E-state index is 0.168. The molecule has 2 aromatic rings. The molecule has 0 saturated carbocycles. The van der Waals surface area contributed by atoms with Crippen LogP contribution in [0, 0.1) is 6.92 Å². The Morgan fingerprint density at radius 2 is 2.25 bits per heavy atom. The van der Waals surface area contributed by atoms with Crippen LogP contribution < -0.4 is 10.6 Å². The van der Waals surface area contributed by atoms with Crippen LogP contribution in [-0.4, -0.2) is 17.6 Å². The van der Waals surface area contributed by atoms with Crippen LogP contribution in [0.5, 0.6) is 0 Å². The van der Waals surface area contributed by atoms with Crippen LogP contribution in [-0.2, 0) is 13.0 Å². The molecule has 20 heavy (non-hydrogen) atoms. The highest BCUT2D eigenvalue weighted by atomic mass is 35.5. The molecule has 0 fully saturated rings. The molecule has 1 aromatic heterocycles. The maximum absolute atomic E-state index is 11.6. The Labute approximate surface area is 127 Å². The number of benzene rings is 1. The zero-order chi connectivity index (χ0) is 14.4. The van der Waals surface area contributed by atoms with E-state index in [1.165, 1.54) is 0 Å². The van der Waals surface area contributed by atoms with E-state index in [4.69, 9.17) is 11.6 Å². The van der Waals surface area contributed by atoms with E-state index in [0.717, 1.165) is 21.9 Å². The van der Waals surface area contributed by atoms with Crippen molar-refractivity contribution in [2.75, 3.05) is 6.54 Å². The van der Waals surface area contributed by atoms with Crippen molar-refractivity contribution in [3.8, 4) is 0 Å². The molecule has 0 saturated heterocycles. The van der Waals surface area contributed by atoms with Crippen molar-refractivity contribution in [1.29, 1.82) is 0 Å². The molecule has 1 aromatic carbocycles. The van der Waals surface area contributed by atoms with Crippen molar-refractivity contribution < 1.29 is 4.79 Å². The monoisotopic (exact) mass is 309 g/mol. The second-order valence-electron chi connectivity index (χ2n) is 4.33. The van der Waals surface area contributed by atoms with E-state index < -0.39 is 0 Å². The van der Waals surface area contributed by atoms with Crippen molar-refractivity contribution in [2.45, 2.75) is 19.9 Å². The average Bonchev–Trinajstić information content (AvgIpc) is 2.82. The third kappa shape index (κ3) is 4.83. The normalized spacial score (nSPS) is 10.3. The summed E-state index contributed by atoms with van der Waals surface area (Å²) < 4.78 is 0. The Hall–Kier alpha value is -1.59. The molecule has 0 unspecified atom stereocenters. The van der Waals surface area contributed by atoms with E-state index in [1.54, 1.807) is 17.5 Å². The number of aromatic nitrogens is 1. The van der Waals surface area contributed by atoms with Gasteiger partial charge >= 0.3 is 6.03 Å². The number of nitrogens with zero attached hydrogens (tertiary/aromatic N) is 1. The zero-order valence-electron chi connectivity index (χ0n) is 11.1. The van der Waals surface area contributed by atoms with Gasteiger partial charge in [0.15, 0.2) is 0 Å². The Bertz CT molecular complexity index is 585. The molecule has 0 aliphatic carbocycles. The van der Waals surface area contributed by atoms with Gasteiger partial charge in [-0.3, -0.25) is 0 Å². The van der Waals surface area contributed by atoms with Crippen LogP contribution in [0.2, 0.25) is 5.02 Å². The summed E-state index contributed by atoms with van der Waals surface area (Å²) in [6.07, 6.45) is 2.54. The van der Waals surface area contributed by atoms with E-state index in [-0.39, 0.29) is 6.03 Å². The number of carbonyl (C=O) groups is 1. The predicted octanol–water partition coefficient (Wildman–Crippen LogP) is 3.15. The van der Waals surface area contributed by atoms with Gasteiger partial charge in [-0.1, -0.05) is 23.7 Å². The third-order valence-corrected chi connectivity index (χ3v) is 3.83. The first-order valence-corrected chi connectivity index (χ1v) is 7.50. The maximum atomic E-state index is 11.6. The minimum atomic E-state index is -0.168. The maximum Gasteiger partial charge on any atom is 0.315 e. The molecule has 2 rings (SSSR count). The molecule has 0 radical (unpaired) electrons. The molecule has 0 bridgehead atoms. The van der Waals surface area contributed by atoms with Crippen molar-refractivity contribution in [3.63, 3.8) is 0 Å². The number of hydrogen-bond acceptors (Lipinski definition) is 3. The lowest BCUT2D eigenvalue weighted by Crippen LogP contribution is -2.36. The lowest BCUT2D eigenvalue weighted by atomic mass is 10.1. The van der Waals surface area contributed by atoms with Gasteiger partial charge in [0.2, 0.25) is 0 Å². The largest absolute Gasteiger partial charge is 0.338 e. The second kappa shape index (κ2) is 7.26. The summed E-state index contributed by atoms with van der Waals surface area (Å²) in [4.78, 5) is 16.8. The highest BCUT2D eigenvalue weighted by Crippen LogP contribution is 2.11. The molecule has 6 heteroatoms. The second-order valence-corrected chi connectivity index (χ2v) is 6.09. The van der Waals surface area contributed by atoms with Crippen LogP contribution in [0.15, 0.2) is 30.5 Å². The van der Waals surface area contributed by atoms with Gasteiger partial charge in [-0.05, 0) is 31.0 Å². The smallest absolute Gasteiger partial charge is 0.315 e. The number of halogens is 1. The first kappa shape index (κ1) is 14.8. The molecular formula is C14H16ClN3OS. The van der Waals surface area contributed by atoms with Gasteiger partial charge in [0.1, 0.15) is 0 Å². The Balaban J connectivity index is 1.67. The van der Waals surface area contributed by atoms with Gasteiger partial charge in [0.05, 0.1) is 11.6 Å². The van der Waals surface area contributed by atoms with Gasteiger partial charge < -0.3 is 10.6 Å². The summed E-state index contributed by atoms with van der Waals surface area (Å²) in [5, 5.41) is 7.34. The number of nitrogens with one attached hydrogen (secondary N) is 2. The van der Waals surface area contributed by atoms with Crippen LogP contribution in [0.3, 0.4) is 0 Å². The van der Waals surface area contributed by atoms with Crippen LogP contribution in [0.1, 0.15) is 15.4 Å². The zero-order valence-corrected chi connectivity index (χ0v) is 12.7. The highest BCUT2D eigenvalue weighted by molar-refractivity contribution is 7.11. The summed E-state index contributed by atoms with van der Waals surface area (Å²) in [6, 6.07) is 7.47. The Morgan fingerprint density at radius 3 is 2.95 bits per heavy atom. The summed E-state index contributed by atoms with van der Waals surface area (Å²) >= 11 is 7.49. The molecule has 2 amide bonds. The molecule has 106 valence electrons. The fourth-order valence-corrected chi connectivity index (χ4v) is 2.68. The number of rotatable bonds is 5. The van der Waals surface area contributed by atoms with Crippen LogP contribution in [0.4, 0.5) is 4.79 Å². The molecule has 0 atom stereocenters. The molecule has 2 N–H and O–H groups in total. The van der Waals surface area contributed by atoms with Crippen LogP contribution in [0.25, 0.3) is 0 Å². The van der Waals surface area contributed by atoms with Gasteiger partial charge in [0.25, 0.3) is 0 Å². The lowest BCUT2D eigenvalue weighted by Gasteiger charge is -2.06. The number of aryl methyl sites for hydroxylation is 1. The average molecular weight is 310 g/mol. The van der Waals surface area contributed by atoms with Crippen molar-refractivity contribution in [2.24, 2.45) is 0 Å². The number of hydrogen-bond donors (Lipinski definition) is 2. The van der Waals surface area contributed by atoms with Gasteiger partial charge in [-0.2, -0.15) is 0 Å². The summed E-state index contributed by atoms with van der Waals surface area (Å²) in [7, 11) is 0. The molecule has 0 aliphatic heterocycles. The van der Waals surface area contributed by atoms with Gasteiger partial charge in [-0.25, -0.2) is 9.78 Å². The number of amides is 2.